The molecule has 2 saturated carbocycles. The van der Waals surface area contributed by atoms with Crippen LogP contribution in [0.2, 0.25) is 0 Å². The Morgan fingerprint density at radius 3 is 2.46 bits per heavy atom. The molecule has 0 radical (unpaired) electrons. The van der Waals surface area contributed by atoms with E-state index in [9.17, 15) is 9.59 Å². The van der Waals surface area contributed by atoms with E-state index in [4.69, 9.17) is 5.73 Å². The second-order valence-corrected chi connectivity index (χ2v) is 8.71. The van der Waals surface area contributed by atoms with Crippen molar-refractivity contribution in [3.63, 3.8) is 0 Å². The highest BCUT2D eigenvalue weighted by molar-refractivity contribution is 7.99. The number of nitrogens with zero attached hydrogens (tertiary/aromatic N) is 2. The first kappa shape index (κ1) is 18.3. The number of halogens is 1. The Balaban J connectivity index is 0.00000169. The van der Waals surface area contributed by atoms with Crippen molar-refractivity contribution in [3.8, 4) is 0 Å². The Hall–Kier alpha value is -0.460. The van der Waals surface area contributed by atoms with E-state index < -0.39 is 0 Å². The molecular weight excluding hydrogens is 346 g/mol. The minimum absolute atomic E-state index is 0. The van der Waals surface area contributed by atoms with Crippen LogP contribution in [0.4, 0.5) is 0 Å². The van der Waals surface area contributed by atoms with Gasteiger partial charge in [0.25, 0.3) is 0 Å². The van der Waals surface area contributed by atoms with Crippen LogP contribution in [0.3, 0.4) is 0 Å². The second-order valence-electron chi connectivity index (χ2n) is 7.71. The van der Waals surface area contributed by atoms with E-state index in [0.717, 1.165) is 57.4 Å². The van der Waals surface area contributed by atoms with Gasteiger partial charge in [0.05, 0.1) is 5.88 Å². The maximum atomic E-state index is 13.0. The molecule has 4 fully saturated rings. The number of fused-ring (bicyclic) bond motifs is 1. The molecule has 24 heavy (non-hydrogen) atoms. The number of thioether (sulfide) groups is 1. The van der Waals surface area contributed by atoms with Crippen LogP contribution >= 0.6 is 24.2 Å². The molecule has 0 aromatic heterocycles. The zero-order valence-electron chi connectivity index (χ0n) is 14.1. The van der Waals surface area contributed by atoms with Gasteiger partial charge in [-0.15, -0.1) is 24.2 Å². The molecule has 0 aromatic rings. The molecule has 4 rings (SSSR count). The minimum Gasteiger partial charge on any atom is -0.340 e. The first-order chi connectivity index (χ1) is 11.1. The lowest BCUT2D eigenvalue weighted by Gasteiger charge is -2.29. The molecule has 2 N–H and O–H groups in total. The fourth-order valence-electron chi connectivity index (χ4n) is 4.97. The van der Waals surface area contributed by atoms with E-state index in [1.54, 1.807) is 11.8 Å². The monoisotopic (exact) mass is 373 g/mol. The molecule has 2 heterocycles. The summed E-state index contributed by atoms with van der Waals surface area (Å²) in [4.78, 5) is 29.6. The van der Waals surface area contributed by atoms with Crippen LogP contribution < -0.4 is 5.73 Å². The number of nitrogens with two attached hydrogens (primary N) is 1. The number of rotatable bonds is 2. The number of amides is 2. The zero-order chi connectivity index (χ0) is 16.0. The number of likely N-dealkylation sites (tertiary alicyclic amines) is 1. The average molecular weight is 374 g/mol. The summed E-state index contributed by atoms with van der Waals surface area (Å²) in [6.45, 7) is 1.65. The van der Waals surface area contributed by atoms with E-state index in [1.807, 2.05) is 9.80 Å². The molecule has 0 bridgehead atoms. The van der Waals surface area contributed by atoms with Gasteiger partial charge in [-0.2, -0.15) is 0 Å². The Morgan fingerprint density at radius 1 is 1.00 bits per heavy atom. The molecule has 4 aliphatic rings. The molecule has 4 atom stereocenters. The third-order valence-electron chi connectivity index (χ3n) is 6.38. The van der Waals surface area contributed by atoms with E-state index in [0.29, 0.717) is 17.7 Å². The van der Waals surface area contributed by atoms with E-state index in [2.05, 4.69) is 0 Å². The van der Waals surface area contributed by atoms with Gasteiger partial charge in [-0.25, -0.2) is 0 Å². The summed E-state index contributed by atoms with van der Waals surface area (Å²) in [5, 5.41) is 0. The molecule has 0 aromatic carbocycles. The normalized spacial score (nSPS) is 36.0. The Kier molecular flexibility index (Phi) is 5.67. The molecule has 2 amide bonds. The van der Waals surface area contributed by atoms with Gasteiger partial charge in [0, 0.05) is 30.8 Å². The van der Waals surface area contributed by atoms with E-state index >= 15 is 0 Å². The minimum atomic E-state index is -0.233. The van der Waals surface area contributed by atoms with Gasteiger partial charge >= 0.3 is 0 Å². The van der Waals surface area contributed by atoms with Crippen LogP contribution in [-0.2, 0) is 9.59 Å². The second kappa shape index (κ2) is 7.42. The van der Waals surface area contributed by atoms with Gasteiger partial charge in [-0.1, -0.05) is 12.8 Å². The number of carbonyl (C=O) groups is 2. The average Bonchev–Trinajstić information content (AvgIpc) is 3.32. The van der Waals surface area contributed by atoms with E-state index in [1.165, 1.54) is 0 Å². The Bertz CT molecular complexity index is 500. The number of hydrogen-bond acceptors (Lipinski definition) is 4. The van der Waals surface area contributed by atoms with Gasteiger partial charge in [-0.3, -0.25) is 9.59 Å². The quantitative estimate of drug-likeness (QED) is 0.800. The number of carbonyl (C=O) groups excluding carboxylic acids is 2. The highest BCUT2D eigenvalue weighted by Crippen LogP contribution is 2.38. The van der Waals surface area contributed by atoms with Crippen molar-refractivity contribution >= 4 is 36.0 Å². The summed E-state index contributed by atoms with van der Waals surface area (Å²) in [5.41, 5.74) is 6.19. The first-order valence-electron chi connectivity index (χ1n) is 9.07. The molecule has 4 unspecified atom stereocenters. The van der Waals surface area contributed by atoms with Crippen molar-refractivity contribution in [3.05, 3.63) is 0 Å². The molecule has 2 aliphatic carbocycles. The maximum Gasteiger partial charge on any atom is 0.246 e. The van der Waals surface area contributed by atoms with Gasteiger partial charge < -0.3 is 15.5 Å². The van der Waals surface area contributed by atoms with Crippen LogP contribution in [0.1, 0.15) is 38.5 Å². The Morgan fingerprint density at radius 2 is 1.75 bits per heavy atom. The van der Waals surface area contributed by atoms with Gasteiger partial charge in [0.2, 0.25) is 11.8 Å². The zero-order valence-corrected chi connectivity index (χ0v) is 15.7. The van der Waals surface area contributed by atoms with Crippen LogP contribution in [-0.4, -0.2) is 58.4 Å². The van der Waals surface area contributed by atoms with Crippen molar-refractivity contribution in [2.75, 3.05) is 24.7 Å². The lowest BCUT2D eigenvalue weighted by Crippen LogP contribution is -2.50. The van der Waals surface area contributed by atoms with Gasteiger partial charge in [0.1, 0.15) is 6.04 Å². The third-order valence-corrected chi connectivity index (χ3v) is 7.39. The predicted octanol–water partition coefficient (Wildman–Crippen LogP) is 1.70. The molecule has 2 aliphatic heterocycles. The van der Waals surface area contributed by atoms with Crippen molar-refractivity contribution in [2.45, 2.75) is 50.6 Å². The summed E-state index contributed by atoms with van der Waals surface area (Å²) in [7, 11) is 0. The van der Waals surface area contributed by atoms with E-state index in [-0.39, 0.29) is 42.2 Å². The maximum absolute atomic E-state index is 13.0. The summed E-state index contributed by atoms with van der Waals surface area (Å²) in [6.07, 6.45) is 6.57. The predicted molar refractivity (Wildman–Crippen MR) is 97.9 cm³/mol. The smallest absolute Gasteiger partial charge is 0.246 e. The van der Waals surface area contributed by atoms with Crippen molar-refractivity contribution in [2.24, 2.45) is 23.5 Å². The highest BCUT2D eigenvalue weighted by atomic mass is 35.5. The fourth-order valence-corrected chi connectivity index (χ4v) is 6.12. The van der Waals surface area contributed by atoms with Crippen LogP contribution in [0.15, 0.2) is 0 Å². The lowest BCUT2D eigenvalue weighted by molar-refractivity contribution is -0.145. The molecule has 136 valence electrons. The fraction of sp³-hybridized carbons (Fsp3) is 0.882. The van der Waals surface area contributed by atoms with Crippen LogP contribution in [0, 0.1) is 17.8 Å². The number of hydrogen-bond donors (Lipinski definition) is 1. The molecular formula is C17H28ClN3O2S. The highest BCUT2D eigenvalue weighted by Gasteiger charge is 2.46. The topological polar surface area (TPSA) is 66.6 Å². The van der Waals surface area contributed by atoms with Crippen molar-refractivity contribution in [1.29, 1.82) is 0 Å². The summed E-state index contributed by atoms with van der Waals surface area (Å²) in [5.74, 6) is 3.07. The summed E-state index contributed by atoms with van der Waals surface area (Å²) >= 11 is 1.72. The van der Waals surface area contributed by atoms with Crippen molar-refractivity contribution < 1.29 is 9.59 Å². The molecule has 2 saturated heterocycles. The van der Waals surface area contributed by atoms with Gasteiger partial charge in [0.15, 0.2) is 0 Å². The van der Waals surface area contributed by atoms with Crippen molar-refractivity contribution in [1.82, 2.24) is 9.80 Å². The van der Waals surface area contributed by atoms with Gasteiger partial charge in [-0.05, 0) is 37.5 Å². The molecule has 7 heteroatoms. The van der Waals surface area contributed by atoms with Crippen LogP contribution in [0.25, 0.3) is 0 Å². The summed E-state index contributed by atoms with van der Waals surface area (Å²) in [6, 6.07) is 0.0233. The molecule has 5 nitrogen and oxygen atoms in total. The largest absolute Gasteiger partial charge is 0.340 e. The molecule has 0 spiro atoms. The third kappa shape index (κ3) is 3.17. The Labute approximate surface area is 154 Å². The standard InChI is InChI=1S/C17H27N3O2S.ClH/c18-14-6-5-12-7-19(8-13(12)14)17(22)15-9-23-10-20(15)16(21)11-3-1-2-4-11;/h11-15H,1-10,18H2;1H. The summed E-state index contributed by atoms with van der Waals surface area (Å²) < 4.78 is 0. The SMILES string of the molecule is Cl.NC1CCC2CN(C(=O)C3CSCN3C(=O)C3CCCC3)CC12. The van der Waals surface area contributed by atoms with Crippen LogP contribution in [0.5, 0.6) is 0 Å². The lowest BCUT2D eigenvalue weighted by atomic mass is 9.98. The first-order valence-corrected chi connectivity index (χ1v) is 10.2.